The molecule has 0 unspecified atom stereocenters. The Kier molecular flexibility index (Phi) is 17.3. The van der Waals surface area contributed by atoms with Crippen molar-refractivity contribution >= 4 is 31.6 Å². The molecule has 56 heavy (non-hydrogen) atoms. The van der Waals surface area contributed by atoms with E-state index in [4.69, 9.17) is 9.47 Å². The van der Waals surface area contributed by atoms with Gasteiger partial charge in [0, 0.05) is 26.2 Å². The van der Waals surface area contributed by atoms with Crippen molar-refractivity contribution in [3.63, 3.8) is 0 Å². The van der Waals surface area contributed by atoms with Crippen LogP contribution in [-0.2, 0) is 29.3 Å². The molecule has 2 aliphatic rings. The summed E-state index contributed by atoms with van der Waals surface area (Å²) in [4.78, 5) is 28.2. The fourth-order valence-corrected chi connectivity index (χ4v) is 9.98. The first-order chi connectivity index (χ1) is 26.7. The van der Waals surface area contributed by atoms with Crippen LogP contribution in [0.4, 0.5) is 0 Å². The van der Waals surface area contributed by atoms with Gasteiger partial charge in [-0.2, -0.15) is 0 Å². The number of carboxylic acids is 2. The van der Waals surface area contributed by atoms with Crippen LogP contribution in [0, 0.1) is 58.2 Å². The van der Waals surface area contributed by atoms with E-state index in [0.29, 0.717) is 50.8 Å². The zero-order valence-electron chi connectivity index (χ0n) is 32.4. The molecule has 2 aliphatic heterocycles. The molecule has 0 amide bonds. The van der Waals surface area contributed by atoms with Gasteiger partial charge in [0.1, 0.15) is 24.7 Å². The van der Waals surface area contributed by atoms with Crippen LogP contribution >= 0.6 is 0 Å². The van der Waals surface area contributed by atoms with Crippen molar-refractivity contribution in [1.82, 2.24) is 9.80 Å². The predicted molar refractivity (Wildman–Crippen MR) is 213 cm³/mol. The Bertz CT molecular complexity index is 1970. The van der Waals surface area contributed by atoms with E-state index in [0.717, 1.165) is 0 Å². The average Bonchev–Trinajstić information content (AvgIpc) is 3.18. The topological polar surface area (TPSA) is 168 Å². The summed E-state index contributed by atoms with van der Waals surface area (Å²) in [5.41, 5.74) is -2.55. The first-order valence-electron chi connectivity index (χ1n) is 18.1. The van der Waals surface area contributed by atoms with Crippen LogP contribution in [-0.4, -0.2) is 113 Å². The number of hydrogen-bond donors (Lipinski definition) is 2. The molecule has 14 heteroatoms. The van der Waals surface area contributed by atoms with Gasteiger partial charge in [0.05, 0.1) is 45.2 Å². The molecule has 0 aromatic heterocycles. The third kappa shape index (κ3) is 13.1. The van der Waals surface area contributed by atoms with E-state index in [1.807, 2.05) is 0 Å². The van der Waals surface area contributed by atoms with Gasteiger partial charge in [-0.3, -0.25) is 19.4 Å². The van der Waals surface area contributed by atoms with Crippen molar-refractivity contribution in [1.29, 1.82) is 0 Å². The number of piperidine rings is 2. The van der Waals surface area contributed by atoms with Crippen LogP contribution in [0.15, 0.2) is 58.3 Å². The molecule has 0 radical (unpaired) electrons. The van der Waals surface area contributed by atoms with Gasteiger partial charge in [-0.1, -0.05) is 23.7 Å². The van der Waals surface area contributed by atoms with E-state index in [2.05, 4.69) is 57.2 Å². The molecule has 2 N–H and O–H groups in total. The largest absolute Gasteiger partial charge is 0.481 e. The van der Waals surface area contributed by atoms with Crippen molar-refractivity contribution in [2.45, 2.75) is 63.2 Å². The summed E-state index contributed by atoms with van der Waals surface area (Å²) >= 11 is 0. The second-order valence-electron chi connectivity index (χ2n) is 13.5. The first kappa shape index (κ1) is 45.4. The lowest BCUT2D eigenvalue weighted by atomic mass is 9.80. The van der Waals surface area contributed by atoms with Crippen molar-refractivity contribution in [2.24, 2.45) is 10.8 Å². The normalized spacial score (nSPS) is 16.2. The Morgan fingerprint density at radius 3 is 1.14 bits per heavy atom. The number of carboxylic acid groups (broad SMARTS) is 2. The number of nitrogens with zero attached hydrogens (tertiary/aromatic N) is 2. The van der Waals surface area contributed by atoms with E-state index in [1.54, 1.807) is 52.0 Å². The quantitative estimate of drug-likeness (QED) is 0.263. The summed E-state index contributed by atoms with van der Waals surface area (Å²) in [7, 11) is -7.50. The summed E-state index contributed by atoms with van der Waals surface area (Å²) in [5, 5.41) is 19.6. The number of sulfone groups is 2. The molecule has 0 spiro atoms. The molecule has 2 aromatic carbocycles. The zero-order valence-corrected chi connectivity index (χ0v) is 34.0. The van der Waals surface area contributed by atoms with Crippen LogP contribution in [0.3, 0.4) is 0 Å². The standard InChI is InChI=1S/2C21H25NO5S/c2*1-3-5-13-22-14-11-21(12-15-22,20(23)24)17-28(25,26)19-9-7-18(8-10-19)27-16-6-4-2/h2*7-10H,11-17H2,1-2H3,(H,23,24). The van der Waals surface area contributed by atoms with Crippen molar-refractivity contribution in [3.8, 4) is 58.9 Å². The highest BCUT2D eigenvalue weighted by molar-refractivity contribution is 7.91. The maximum absolute atomic E-state index is 12.9. The van der Waals surface area contributed by atoms with Gasteiger partial charge >= 0.3 is 11.9 Å². The van der Waals surface area contributed by atoms with Crippen LogP contribution in [0.5, 0.6) is 11.5 Å². The lowest BCUT2D eigenvalue weighted by Gasteiger charge is -2.37. The van der Waals surface area contributed by atoms with Gasteiger partial charge in [0.15, 0.2) is 19.7 Å². The Hall–Kier alpha value is -4.96. The summed E-state index contributed by atoms with van der Waals surface area (Å²) in [5.74, 6) is 20.6. The van der Waals surface area contributed by atoms with Crippen LogP contribution < -0.4 is 9.47 Å². The second kappa shape index (κ2) is 21.4. The van der Waals surface area contributed by atoms with Gasteiger partial charge in [-0.15, -0.1) is 23.7 Å². The van der Waals surface area contributed by atoms with Gasteiger partial charge in [0.25, 0.3) is 0 Å². The molecule has 0 bridgehead atoms. The maximum Gasteiger partial charge on any atom is 0.310 e. The van der Waals surface area contributed by atoms with Crippen molar-refractivity contribution in [2.75, 3.05) is 64.0 Å². The SMILES string of the molecule is CC#CCOc1ccc(S(=O)(=O)CC2(C(=O)O)CCN(CC#CC)CC2)cc1.CC#CCOc1ccc(S(=O)(=O)CC2(C(=O)O)CCN(CC#CC)CC2)cc1. The number of ether oxygens (including phenoxy) is 2. The molecule has 0 aliphatic carbocycles. The number of aliphatic carboxylic acids is 2. The molecule has 300 valence electrons. The van der Waals surface area contributed by atoms with Gasteiger partial charge in [-0.05, 0) is 102 Å². The van der Waals surface area contributed by atoms with Crippen LogP contribution in [0.25, 0.3) is 0 Å². The highest BCUT2D eigenvalue weighted by Gasteiger charge is 2.46. The Morgan fingerprint density at radius 2 is 0.875 bits per heavy atom. The third-order valence-corrected chi connectivity index (χ3v) is 13.6. The molecule has 12 nitrogen and oxygen atoms in total. The summed E-state index contributed by atoms with van der Waals surface area (Å²) in [6.07, 6.45) is 1.13. The van der Waals surface area contributed by atoms with Gasteiger partial charge in [0.2, 0.25) is 0 Å². The van der Waals surface area contributed by atoms with Gasteiger partial charge < -0.3 is 19.7 Å². The smallest absolute Gasteiger partial charge is 0.310 e. The Balaban J connectivity index is 0.000000300. The van der Waals surface area contributed by atoms with E-state index in [9.17, 15) is 36.6 Å². The number of hydrogen-bond acceptors (Lipinski definition) is 10. The molecule has 2 fully saturated rings. The minimum absolute atomic E-state index is 0.0985. The van der Waals surface area contributed by atoms with Crippen molar-refractivity contribution in [3.05, 3.63) is 48.5 Å². The van der Waals surface area contributed by atoms with Crippen molar-refractivity contribution < 1.29 is 46.1 Å². The molecule has 2 saturated heterocycles. The van der Waals surface area contributed by atoms with Crippen LogP contribution in [0.2, 0.25) is 0 Å². The molecular weight excluding hydrogens is 757 g/mol. The average molecular weight is 807 g/mol. The van der Waals surface area contributed by atoms with E-state index in [-0.39, 0.29) is 48.7 Å². The molecule has 2 aromatic rings. The zero-order chi connectivity index (χ0) is 41.2. The molecule has 4 rings (SSSR count). The lowest BCUT2D eigenvalue weighted by molar-refractivity contribution is -0.151. The minimum Gasteiger partial charge on any atom is -0.481 e. The monoisotopic (exact) mass is 806 g/mol. The minimum atomic E-state index is -3.75. The number of carbonyl (C=O) groups is 2. The third-order valence-electron chi connectivity index (χ3n) is 9.77. The number of likely N-dealkylation sites (tertiary alicyclic amines) is 2. The molecule has 2 heterocycles. The second-order valence-corrected chi connectivity index (χ2v) is 17.4. The Labute approximate surface area is 331 Å². The maximum atomic E-state index is 12.9. The van der Waals surface area contributed by atoms with Gasteiger partial charge in [-0.25, -0.2) is 16.8 Å². The van der Waals surface area contributed by atoms with E-state index < -0.39 is 53.9 Å². The number of benzene rings is 2. The fraction of sp³-hybridized carbons (Fsp3) is 0.476. The van der Waals surface area contributed by atoms with E-state index >= 15 is 0 Å². The molecule has 0 saturated carbocycles. The molecule has 0 atom stereocenters. The summed E-state index contributed by atoms with van der Waals surface area (Å²) < 4.78 is 62.3. The fourth-order valence-electron chi connectivity index (χ4n) is 6.26. The van der Waals surface area contributed by atoms with Crippen LogP contribution in [0.1, 0.15) is 53.4 Å². The summed E-state index contributed by atoms with van der Waals surface area (Å²) in [6, 6.07) is 12.0. The highest BCUT2D eigenvalue weighted by atomic mass is 32.2. The predicted octanol–water partition coefficient (Wildman–Crippen LogP) is 4.11. The van der Waals surface area contributed by atoms with E-state index in [1.165, 1.54) is 24.3 Å². The Morgan fingerprint density at radius 1 is 0.571 bits per heavy atom. The molecular formula is C42H50N2O10S2. The highest BCUT2D eigenvalue weighted by Crippen LogP contribution is 2.37. The summed E-state index contributed by atoms with van der Waals surface area (Å²) in [6.45, 7) is 10.6. The first-order valence-corrected chi connectivity index (χ1v) is 21.4. The lowest BCUT2D eigenvalue weighted by Crippen LogP contribution is -2.48. The number of rotatable bonds is 14.